The summed E-state index contributed by atoms with van der Waals surface area (Å²) in [6, 6.07) is 0. The zero-order valence-electron chi connectivity index (χ0n) is 2.95. The molecule has 0 saturated heterocycles. The van der Waals surface area contributed by atoms with Crippen LogP contribution in [0.3, 0.4) is 0 Å². The third-order valence-electron chi connectivity index (χ3n) is 0. The average molecular weight is 112 g/mol. The Balaban J connectivity index is 0. The summed E-state index contributed by atoms with van der Waals surface area (Å²) in [7, 11) is 0. The maximum atomic E-state index is 0. The van der Waals surface area contributed by atoms with E-state index < -0.39 is 0 Å². The van der Waals surface area contributed by atoms with Crippen molar-refractivity contribution in [3.8, 4) is 0 Å². The van der Waals surface area contributed by atoms with E-state index in [2.05, 4.69) is 0 Å². The molecule has 2 radical (unpaired) electrons. The summed E-state index contributed by atoms with van der Waals surface area (Å²) in [5.41, 5.74) is 0. The van der Waals surface area contributed by atoms with Gasteiger partial charge in [0.2, 0.25) is 0 Å². The minimum atomic E-state index is 0. The molecule has 0 spiro atoms. The molecular formula is H6LiO3V. The van der Waals surface area contributed by atoms with Crippen LogP contribution in [0.2, 0.25) is 0 Å². The molecule has 0 aliphatic carbocycles. The van der Waals surface area contributed by atoms with Gasteiger partial charge in [0.1, 0.15) is 0 Å². The summed E-state index contributed by atoms with van der Waals surface area (Å²) >= 11 is 0. The molecule has 0 unspecified atom stereocenters. The van der Waals surface area contributed by atoms with Crippen LogP contribution in [-0.4, -0.2) is 35.3 Å². The van der Waals surface area contributed by atoms with Crippen LogP contribution in [0.1, 0.15) is 0 Å². The van der Waals surface area contributed by atoms with Gasteiger partial charge >= 0.3 is 0 Å². The van der Waals surface area contributed by atoms with E-state index in [1.165, 1.54) is 0 Å². The number of hydrogen-bond acceptors (Lipinski definition) is 0. The van der Waals surface area contributed by atoms with Crippen LogP contribution in [0.25, 0.3) is 0 Å². The van der Waals surface area contributed by atoms with Gasteiger partial charge in [0.15, 0.2) is 0 Å². The summed E-state index contributed by atoms with van der Waals surface area (Å²) in [6.07, 6.45) is 0. The molecule has 5 heteroatoms. The van der Waals surface area contributed by atoms with Crippen molar-refractivity contribution in [2.75, 3.05) is 0 Å². The Morgan fingerprint density at radius 2 is 0.600 bits per heavy atom. The van der Waals surface area contributed by atoms with Crippen molar-refractivity contribution in [1.29, 1.82) is 0 Å². The Kier molecular flexibility index (Phi) is 2040. The molecule has 0 heterocycles. The van der Waals surface area contributed by atoms with Crippen molar-refractivity contribution < 1.29 is 35.0 Å². The van der Waals surface area contributed by atoms with E-state index in [0.717, 1.165) is 0 Å². The molecule has 0 aliphatic rings. The van der Waals surface area contributed by atoms with E-state index in [1.807, 2.05) is 0 Å². The molecular weight excluding hydrogens is 106 g/mol. The van der Waals surface area contributed by atoms with Gasteiger partial charge in [0.25, 0.3) is 0 Å². The largest absolute Gasteiger partial charge is 0.412 e. The molecule has 0 aromatic heterocycles. The van der Waals surface area contributed by atoms with E-state index in [-0.39, 0.29) is 53.8 Å². The normalized spacial score (nSPS) is 0. The fourth-order valence-corrected chi connectivity index (χ4v) is 0. The van der Waals surface area contributed by atoms with Crippen molar-refractivity contribution in [1.82, 2.24) is 0 Å². The van der Waals surface area contributed by atoms with Crippen LogP contribution in [0.15, 0.2) is 0 Å². The van der Waals surface area contributed by atoms with Crippen LogP contribution < -0.4 is 0 Å². The van der Waals surface area contributed by atoms with Gasteiger partial charge < -0.3 is 16.4 Å². The summed E-state index contributed by atoms with van der Waals surface area (Å²) < 4.78 is 0. The standard InChI is InChI=1S/Li.3H2O.V/h;3*1H2;. The fraction of sp³-hybridized carbons (Fsp3) is 0. The molecule has 0 aromatic carbocycles. The molecule has 6 N–H and O–H groups in total. The summed E-state index contributed by atoms with van der Waals surface area (Å²) in [4.78, 5) is 0. The summed E-state index contributed by atoms with van der Waals surface area (Å²) in [6.45, 7) is 0. The molecule has 3 nitrogen and oxygen atoms in total. The summed E-state index contributed by atoms with van der Waals surface area (Å²) in [5, 5.41) is 0. The zero-order valence-corrected chi connectivity index (χ0v) is 4.34. The van der Waals surface area contributed by atoms with Crippen LogP contribution >= 0.6 is 0 Å². The molecule has 0 rings (SSSR count). The molecule has 0 saturated carbocycles. The van der Waals surface area contributed by atoms with Crippen molar-refractivity contribution in [3.63, 3.8) is 0 Å². The number of rotatable bonds is 0. The number of hydrogen-bond donors (Lipinski definition) is 0. The van der Waals surface area contributed by atoms with Crippen molar-refractivity contribution in [2.24, 2.45) is 0 Å². The quantitative estimate of drug-likeness (QED) is 0.301. The van der Waals surface area contributed by atoms with E-state index in [0.29, 0.717) is 0 Å². The van der Waals surface area contributed by atoms with Crippen LogP contribution in [-0.2, 0) is 18.6 Å². The molecule has 0 aliphatic heterocycles. The SMILES string of the molecule is O.O.O.[Li].[V]. The Morgan fingerprint density at radius 1 is 0.600 bits per heavy atom. The Bertz CT molecular complexity index is 6.85. The van der Waals surface area contributed by atoms with Crippen molar-refractivity contribution in [2.45, 2.75) is 0 Å². The maximum Gasteiger partial charge on any atom is 0 e. The van der Waals surface area contributed by atoms with Gasteiger partial charge in [-0.25, -0.2) is 0 Å². The van der Waals surface area contributed by atoms with Gasteiger partial charge in [0.05, 0.1) is 0 Å². The predicted octanol–water partition coefficient (Wildman–Crippen LogP) is -2.86. The Labute approximate surface area is 54.1 Å². The van der Waals surface area contributed by atoms with Crippen LogP contribution in [0.4, 0.5) is 0 Å². The second kappa shape index (κ2) is 74.1. The first-order valence-electron chi connectivity index (χ1n) is 0. The molecule has 0 fully saturated rings. The maximum absolute atomic E-state index is 0. The van der Waals surface area contributed by atoms with Gasteiger partial charge in [-0.1, -0.05) is 0 Å². The minimum Gasteiger partial charge on any atom is -0.412 e. The van der Waals surface area contributed by atoms with Crippen molar-refractivity contribution >= 4 is 18.9 Å². The van der Waals surface area contributed by atoms with Crippen molar-refractivity contribution in [3.05, 3.63) is 0 Å². The molecule has 0 bridgehead atoms. The Hall–Kier alpha value is 1.06. The Morgan fingerprint density at radius 3 is 0.600 bits per heavy atom. The van der Waals surface area contributed by atoms with Crippen LogP contribution in [0.5, 0.6) is 0 Å². The van der Waals surface area contributed by atoms with Gasteiger partial charge in [-0.2, -0.15) is 0 Å². The topological polar surface area (TPSA) is 94.5 Å². The third kappa shape index (κ3) is 42.1. The average Bonchev–Trinajstić information content (AvgIpc) is 0. The third-order valence-corrected chi connectivity index (χ3v) is 0. The first-order valence-corrected chi connectivity index (χ1v) is 0. The van der Waals surface area contributed by atoms with E-state index in [9.17, 15) is 0 Å². The second-order valence-corrected chi connectivity index (χ2v) is 0. The van der Waals surface area contributed by atoms with Gasteiger partial charge in [-0.05, 0) is 0 Å². The second-order valence-electron chi connectivity index (χ2n) is 0. The van der Waals surface area contributed by atoms with E-state index in [4.69, 9.17) is 0 Å². The molecule has 5 heavy (non-hydrogen) atoms. The molecule has 0 atom stereocenters. The zero-order chi connectivity index (χ0) is 0. The summed E-state index contributed by atoms with van der Waals surface area (Å²) in [5.74, 6) is 0. The smallest absolute Gasteiger partial charge is 0 e. The van der Waals surface area contributed by atoms with Gasteiger partial charge in [-0.3, -0.25) is 0 Å². The first kappa shape index (κ1) is 138. The van der Waals surface area contributed by atoms with Crippen LogP contribution in [0, 0.1) is 0 Å². The van der Waals surface area contributed by atoms with Gasteiger partial charge in [-0.15, -0.1) is 0 Å². The predicted molar refractivity (Wildman–Crippen MR) is 16.6 cm³/mol. The molecule has 30 valence electrons. The van der Waals surface area contributed by atoms with E-state index >= 15 is 0 Å². The first-order chi connectivity index (χ1) is 0. The molecule has 0 aromatic rings. The monoisotopic (exact) mass is 112 g/mol. The minimum absolute atomic E-state index is 0. The molecule has 0 amide bonds. The van der Waals surface area contributed by atoms with E-state index in [1.54, 1.807) is 0 Å². The fourth-order valence-electron chi connectivity index (χ4n) is 0. The van der Waals surface area contributed by atoms with Gasteiger partial charge in [0, 0.05) is 37.4 Å².